The van der Waals surface area contributed by atoms with Gasteiger partial charge in [-0.1, -0.05) is 47.5 Å². The van der Waals surface area contributed by atoms with Crippen molar-refractivity contribution in [2.75, 3.05) is 36.0 Å². The van der Waals surface area contributed by atoms with Gasteiger partial charge >= 0.3 is 0 Å². The Morgan fingerprint density at radius 2 is 0.967 bits per heavy atom. The molecule has 1 fully saturated rings. The second-order valence-electron chi connectivity index (χ2n) is 7.02. The minimum Gasteiger partial charge on any atom is -0.345 e. The van der Waals surface area contributed by atoms with Crippen LogP contribution in [0.1, 0.15) is 0 Å². The molecule has 0 amide bonds. The Kier molecular flexibility index (Phi) is 5.65. The third-order valence-corrected chi connectivity index (χ3v) is 7.39. The summed E-state index contributed by atoms with van der Waals surface area (Å²) in [6.45, 7) is 3.74. The maximum atomic E-state index is 5.99. The average Bonchev–Trinajstić information content (AvgIpc) is 3.45. The number of hydrogen-bond acceptors (Lipinski definition) is 6. The van der Waals surface area contributed by atoms with E-state index in [-0.39, 0.29) is 0 Å². The smallest absolute Gasteiger partial charge is 0.185 e. The quantitative estimate of drug-likeness (QED) is 0.336. The van der Waals surface area contributed by atoms with E-state index in [1.54, 1.807) is 22.7 Å². The van der Waals surface area contributed by atoms with Crippen molar-refractivity contribution in [1.29, 1.82) is 0 Å². The van der Waals surface area contributed by atoms with E-state index in [2.05, 4.69) is 20.6 Å². The van der Waals surface area contributed by atoms with Crippen LogP contribution in [0, 0.1) is 0 Å². The summed E-state index contributed by atoms with van der Waals surface area (Å²) in [6.07, 6.45) is 0. The van der Waals surface area contributed by atoms with Crippen LogP contribution < -0.4 is 9.80 Å². The molecular weight excluding hydrogens is 455 g/mol. The summed E-state index contributed by atoms with van der Waals surface area (Å²) >= 11 is 15.4. The van der Waals surface area contributed by atoms with Crippen LogP contribution in [-0.4, -0.2) is 36.1 Å². The number of piperazine rings is 1. The Morgan fingerprint density at radius 3 is 1.33 bits per heavy atom. The Hall–Kier alpha value is -2.12. The summed E-state index contributed by atoms with van der Waals surface area (Å²) in [5.74, 6) is 0. The number of thiazole rings is 2. The first kappa shape index (κ1) is 19.8. The van der Waals surface area contributed by atoms with E-state index in [1.165, 1.54) is 0 Å². The lowest BCUT2D eigenvalue weighted by atomic mass is 10.2. The highest BCUT2D eigenvalue weighted by molar-refractivity contribution is 7.14. The highest BCUT2D eigenvalue weighted by Crippen LogP contribution is 2.31. The van der Waals surface area contributed by atoms with Crippen molar-refractivity contribution < 1.29 is 0 Å². The van der Waals surface area contributed by atoms with E-state index in [1.807, 2.05) is 48.5 Å². The molecule has 4 aromatic rings. The summed E-state index contributed by atoms with van der Waals surface area (Å²) in [6, 6.07) is 15.7. The van der Waals surface area contributed by atoms with Gasteiger partial charge in [0.2, 0.25) is 0 Å². The molecule has 0 aliphatic carbocycles. The standard InChI is InChI=1S/C22H18Cl2N4S2/c23-17-5-1-15(2-6-17)19-13-29-21(25-19)27-9-11-28(12-10-27)22-26-20(14-30-22)16-3-7-18(24)8-4-16/h1-8,13-14H,9-12H2. The molecule has 0 unspecified atom stereocenters. The number of rotatable bonds is 4. The topological polar surface area (TPSA) is 32.3 Å². The van der Waals surface area contributed by atoms with Crippen molar-refractivity contribution in [1.82, 2.24) is 9.97 Å². The number of benzene rings is 2. The lowest BCUT2D eigenvalue weighted by Gasteiger charge is -2.34. The van der Waals surface area contributed by atoms with E-state index < -0.39 is 0 Å². The Bertz CT molecular complexity index is 1040. The molecule has 5 rings (SSSR count). The lowest BCUT2D eigenvalue weighted by molar-refractivity contribution is 0.651. The minimum absolute atomic E-state index is 0.742. The van der Waals surface area contributed by atoms with Gasteiger partial charge in [0.25, 0.3) is 0 Å². The fourth-order valence-electron chi connectivity index (χ4n) is 3.41. The molecule has 152 valence electrons. The van der Waals surface area contributed by atoms with Crippen molar-refractivity contribution in [2.45, 2.75) is 0 Å². The van der Waals surface area contributed by atoms with Crippen molar-refractivity contribution in [3.63, 3.8) is 0 Å². The van der Waals surface area contributed by atoms with Gasteiger partial charge in [0, 0.05) is 58.1 Å². The third kappa shape index (κ3) is 4.18. The van der Waals surface area contributed by atoms with E-state index in [0.29, 0.717) is 0 Å². The molecule has 8 heteroatoms. The van der Waals surface area contributed by atoms with Gasteiger partial charge in [-0.25, -0.2) is 9.97 Å². The van der Waals surface area contributed by atoms with Crippen LogP contribution in [0.15, 0.2) is 59.3 Å². The van der Waals surface area contributed by atoms with Crippen molar-refractivity contribution in [2.24, 2.45) is 0 Å². The van der Waals surface area contributed by atoms with E-state index in [4.69, 9.17) is 33.2 Å². The Labute approximate surface area is 193 Å². The van der Waals surface area contributed by atoms with Gasteiger partial charge in [0.1, 0.15) is 0 Å². The molecule has 0 atom stereocenters. The van der Waals surface area contributed by atoms with Gasteiger partial charge in [-0.05, 0) is 24.3 Å². The molecule has 2 aromatic heterocycles. The van der Waals surface area contributed by atoms with Gasteiger partial charge in [-0.3, -0.25) is 0 Å². The molecule has 0 bridgehead atoms. The zero-order chi connectivity index (χ0) is 20.5. The number of halogens is 2. The number of aromatic nitrogens is 2. The van der Waals surface area contributed by atoms with Gasteiger partial charge < -0.3 is 9.80 Å². The molecule has 0 saturated carbocycles. The summed E-state index contributed by atoms with van der Waals surface area (Å²) < 4.78 is 0. The van der Waals surface area contributed by atoms with Crippen LogP contribution >= 0.6 is 45.9 Å². The number of nitrogens with zero attached hydrogens (tertiary/aromatic N) is 4. The predicted octanol–water partition coefficient (Wildman–Crippen LogP) is 6.57. The minimum atomic E-state index is 0.742. The molecular formula is C22H18Cl2N4S2. The normalized spacial score (nSPS) is 14.3. The van der Waals surface area contributed by atoms with Gasteiger partial charge in [-0.2, -0.15) is 0 Å². The Balaban J connectivity index is 1.24. The zero-order valence-electron chi connectivity index (χ0n) is 16.0. The fourth-order valence-corrected chi connectivity index (χ4v) is 5.44. The van der Waals surface area contributed by atoms with Crippen LogP contribution in [0.2, 0.25) is 10.0 Å². The summed E-state index contributed by atoms with van der Waals surface area (Å²) in [5, 5.41) is 7.86. The lowest BCUT2D eigenvalue weighted by Crippen LogP contribution is -2.46. The molecule has 1 saturated heterocycles. The van der Waals surface area contributed by atoms with Crippen molar-refractivity contribution in [3.05, 3.63) is 69.3 Å². The number of anilines is 2. The average molecular weight is 473 g/mol. The zero-order valence-corrected chi connectivity index (χ0v) is 19.1. The highest BCUT2D eigenvalue weighted by Gasteiger charge is 2.22. The fraction of sp³-hybridized carbons (Fsp3) is 0.182. The largest absolute Gasteiger partial charge is 0.345 e. The van der Waals surface area contributed by atoms with Gasteiger partial charge in [0.05, 0.1) is 11.4 Å². The van der Waals surface area contributed by atoms with Crippen LogP contribution in [-0.2, 0) is 0 Å². The van der Waals surface area contributed by atoms with Gasteiger partial charge in [0.15, 0.2) is 10.3 Å². The molecule has 2 aromatic carbocycles. The highest BCUT2D eigenvalue weighted by atomic mass is 35.5. The molecule has 4 nitrogen and oxygen atoms in total. The van der Waals surface area contributed by atoms with Gasteiger partial charge in [-0.15, -0.1) is 22.7 Å². The molecule has 30 heavy (non-hydrogen) atoms. The van der Waals surface area contributed by atoms with Crippen LogP contribution in [0.5, 0.6) is 0 Å². The monoisotopic (exact) mass is 472 g/mol. The SMILES string of the molecule is Clc1ccc(-c2csc(N3CCN(c4nc(-c5ccc(Cl)cc5)cs4)CC3)n2)cc1. The van der Waals surface area contributed by atoms with Crippen molar-refractivity contribution >= 4 is 56.1 Å². The summed E-state index contributed by atoms with van der Waals surface area (Å²) in [7, 11) is 0. The Morgan fingerprint density at radius 1 is 0.600 bits per heavy atom. The first-order valence-corrected chi connectivity index (χ1v) is 12.1. The molecule has 1 aliphatic heterocycles. The molecule has 0 spiro atoms. The first-order chi connectivity index (χ1) is 14.7. The third-order valence-electron chi connectivity index (χ3n) is 5.08. The predicted molar refractivity (Wildman–Crippen MR) is 130 cm³/mol. The van der Waals surface area contributed by atoms with E-state index in [9.17, 15) is 0 Å². The number of hydrogen-bond donors (Lipinski definition) is 0. The molecule has 0 radical (unpaired) electrons. The van der Waals surface area contributed by atoms with Crippen molar-refractivity contribution in [3.8, 4) is 22.5 Å². The first-order valence-electron chi connectivity index (χ1n) is 9.58. The maximum Gasteiger partial charge on any atom is 0.185 e. The van der Waals surface area contributed by atoms with Crippen LogP contribution in [0.4, 0.5) is 10.3 Å². The van der Waals surface area contributed by atoms with Crippen LogP contribution in [0.3, 0.4) is 0 Å². The molecule has 1 aliphatic rings. The second kappa shape index (κ2) is 8.55. The molecule has 3 heterocycles. The van der Waals surface area contributed by atoms with Crippen LogP contribution in [0.25, 0.3) is 22.5 Å². The summed E-state index contributed by atoms with van der Waals surface area (Å²) in [5.41, 5.74) is 4.19. The maximum absolute atomic E-state index is 5.99. The second-order valence-corrected chi connectivity index (χ2v) is 9.56. The summed E-state index contributed by atoms with van der Waals surface area (Å²) in [4.78, 5) is 14.4. The van der Waals surface area contributed by atoms with E-state index in [0.717, 1.165) is 69.0 Å². The molecule has 0 N–H and O–H groups in total. The van der Waals surface area contributed by atoms with E-state index >= 15 is 0 Å².